The van der Waals surface area contributed by atoms with Gasteiger partial charge in [0.1, 0.15) is 0 Å². The molecule has 3 rings (SSSR count). The highest BCUT2D eigenvalue weighted by Gasteiger charge is 2.33. The van der Waals surface area contributed by atoms with Crippen molar-refractivity contribution in [2.45, 2.75) is 63.6 Å². The lowest BCUT2D eigenvalue weighted by atomic mass is 9.75. The quantitative estimate of drug-likeness (QED) is 0.876. The highest BCUT2D eigenvalue weighted by Crippen LogP contribution is 2.40. The number of piperidine rings is 1. The Balaban J connectivity index is 1.43. The van der Waals surface area contributed by atoms with Crippen molar-refractivity contribution in [1.82, 2.24) is 10.2 Å². The van der Waals surface area contributed by atoms with Crippen molar-refractivity contribution in [2.24, 2.45) is 0 Å². The van der Waals surface area contributed by atoms with Crippen LogP contribution < -0.4 is 5.32 Å². The highest BCUT2D eigenvalue weighted by atomic mass is 79.9. The summed E-state index contributed by atoms with van der Waals surface area (Å²) in [7, 11) is 0. The van der Waals surface area contributed by atoms with Gasteiger partial charge in [0.15, 0.2) is 0 Å². The topological polar surface area (TPSA) is 15.3 Å². The number of likely N-dealkylation sites (tertiary alicyclic amines) is 1. The van der Waals surface area contributed by atoms with Gasteiger partial charge in [-0.2, -0.15) is 0 Å². The Morgan fingerprint density at radius 1 is 1.10 bits per heavy atom. The van der Waals surface area contributed by atoms with Gasteiger partial charge in [0.25, 0.3) is 0 Å². The second kappa shape index (κ2) is 6.80. The van der Waals surface area contributed by atoms with Gasteiger partial charge in [-0.25, -0.2) is 0 Å². The minimum atomic E-state index is 0.703. The molecule has 2 aliphatic rings. The second-order valence-electron chi connectivity index (χ2n) is 6.96. The third kappa shape index (κ3) is 3.69. The largest absolute Gasteiger partial charge is 0.311 e. The fourth-order valence-electron chi connectivity index (χ4n) is 3.73. The van der Waals surface area contributed by atoms with E-state index in [1.807, 2.05) is 0 Å². The zero-order valence-corrected chi connectivity index (χ0v) is 14.8. The lowest BCUT2D eigenvalue weighted by Gasteiger charge is -2.42. The summed E-state index contributed by atoms with van der Waals surface area (Å²) in [6, 6.07) is 10.9. The van der Waals surface area contributed by atoms with E-state index >= 15 is 0 Å². The lowest BCUT2D eigenvalue weighted by Crippen LogP contribution is -2.50. The zero-order chi connectivity index (χ0) is 14.8. The van der Waals surface area contributed by atoms with Crippen molar-refractivity contribution in [3.05, 3.63) is 34.3 Å². The van der Waals surface area contributed by atoms with E-state index in [1.54, 1.807) is 0 Å². The van der Waals surface area contributed by atoms with Crippen LogP contribution >= 0.6 is 15.9 Å². The molecule has 0 aromatic heterocycles. The van der Waals surface area contributed by atoms with E-state index in [1.165, 1.54) is 48.8 Å². The van der Waals surface area contributed by atoms with Gasteiger partial charge in [-0.3, -0.25) is 0 Å². The average Bonchev–Trinajstić information content (AvgIpc) is 2.44. The molecule has 2 nitrogen and oxygen atoms in total. The molecule has 1 saturated carbocycles. The summed E-state index contributed by atoms with van der Waals surface area (Å²) in [4.78, 5) is 2.60. The van der Waals surface area contributed by atoms with Crippen molar-refractivity contribution in [3.8, 4) is 0 Å². The van der Waals surface area contributed by atoms with Crippen molar-refractivity contribution >= 4 is 15.9 Å². The van der Waals surface area contributed by atoms with E-state index < -0.39 is 0 Å². The zero-order valence-electron chi connectivity index (χ0n) is 13.2. The van der Waals surface area contributed by atoms with Gasteiger partial charge in [0.2, 0.25) is 0 Å². The number of nitrogens with zero attached hydrogens (tertiary/aromatic N) is 1. The Bertz CT molecular complexity index is 460. The Hall–Kier alpha value is -0.380. The van der Waals surface area contributed by atoms with E-state index in [4.69, 9.17) is 0 Å². The normalized spacial score (nSPS) is 27.8. The Morgan fingerprint density at radius 2 is 1.76 bits per heavy atom. The molecular weight excluding hydrogens is 324 g/mol. The first-order valence-electron chi connectivity index (χ1n) is 8.38. The lowest BCUT2D eigenvalue weighted by molar-refractivity contribution is 0.144. The van der Waals surface area contributed by atoms with Crippen LogP contribution in [0.25, 0.3) is 0 Å². The molecule has 1 saturated heterocycles. The van der Waals surface area contributed by atoms with Crippen LogP contribution in [-0.2, 0) is 0 Å². The Morgan fingerprint density at radius 3 is 2.38 bits per heavy atom. The predicted octanol–water partition coefficient (Wildman–Crippen LogP) is 4.16. The van der Waals surface area contributed by atoms with Crippen LogP contribution in [0.5, 0.6) is 0 Å². The van der Waals surface area contributed by atoms with Gasteiger partial charge in [-0.15, -0.1) is 0 Å². The SMILES string of the molecule is CC(C)N1CCC(NC2CC(c3ccccc3Br)C2)CC1. The van der Waals surface area contributed by atoms with Crippen LogP contribution in [0, 0.1) is 0 Å². The fourth-order valence-corrected chi connectivity index (χ4v) is 4.34. The number of nitrogens with one attached hydrogen (secondary N) is 1. The van der Waals surface area contributed by atoms with Gasteiger partial charge in [-0.05, 0) is 70.2 Å². The molecule has 1 aromatic rings. The molecule has 0 atom stereocenters. The van der Waals surface area contributed by atoms with Crippen LogP contribution in [0.1, 0.15) is 51.0 Å². The highest BCUT2D eigenvalue weighted by molar-refractivity contribution is 9.10. The van der Waals surface area contributed by atoms with Crippen LogP contribution in [0.4, 0.5) is 0 Å². The second-order valence-corrected chi connectivity index (χ2v) is 7.81. The molecule has 1 heterocycles. The number of hydrogen-bond acceptors (Lipinski definition) is 2. The van der Waals surface area contributed by atoms with Crippen molar-refractivity contribution in [2.75, 3.05) is 13.1 Å². The van der Waals surface area contributed by atoms with Gasteiger partial charge in [-0.1, -0.05) is 34.1 Å². The van der Waals surface area contributed by atoms with E-state index in [-0.39, 0.29) is 0 Å². The van der Waals surface area contributed by atoms with E-state index in [2.05, 4.69) is 64.3 Å². The van der Waals surface area contributed by atoms with E-state index in [0.29, 0.717) is 6.04 Å². The minimum Gasteiger partial charge on any atom is -0.311 e. The van der Waals surface area contributed by atoms with E-state index in [0.717, 1.165) is 18.0 Å². The summed E-state index contributed by atoms with van der Waals surface area (Å²) in [6.45, 7) is 7.13. The molecule has 21 heavy (non-hydrogen) atoms. The molecule has 0 unspecified atom stereocenters. The molecule has 2 fully saturated rings. The molecular formula is C18H27BrN2. The minimum absolute atomic E-state index is 0.703. The first-order valence-corrected chi connectivity index (χ1v) is 9.17. The fraction of sp³-hybridized carbons (Fsp3) is 0.667. The summed E-state index contributed by atoms with van der Waals surface area (Å²) < 4.78 is 1.28. The van der Waals surface area contributed by atoms with Crippen LogP contribution in [0.3, 0.4) is 0 Å². The first-order chi connectivity index (χ1) is 10.1. The molecule has 3 heteroatoms. The number of rotatable bonds is 4. The molecule has 1 aliphatic heterocycles. The summed E-state index contributed by atoms with van der Waals surface area (Å²) in [5, 5.41) is 3.89. The maximum absolute atomic E-state index is 3.89. The van der Waals surface area contributed by atoms with Crippen molar-refractivity contribution < 1.29 is 0 Å². The maximum Gasteiger partial charge on any atom is 0.0210 e. The molecule has 0 spiro atoms. The van der Waals surface area contributed by atoms with Gasteiger partial charge in [0, 0.05) is 22.6 Å². The monoisotopic (exact) mass is 350 g/mol. The third-order valence-corrected chi connectivity index (χ3v) is 5.94. The molecule has 0 bridgehead atoms. The van der Waals surface area contributed by atoms with Crippen LogP contribution in [-0.4, -0.2) is 36.1 Å². The number of halogens is 1. The average molecular weight is 351 g/mol. The predicted molar refractivity (Wildman–Crippen MR) is 92.8 cm³/mol. The summed E-state index contributed by atoms with van der Waals surface area (Å²) >= 11 is 3.68. The summed E-state index contributed by atoms with van der Waals surface area (Å²) in [5.74, 6) is 0.744. The van der Waals surface area contributed by atoms with Crippen molar-refractivity contribution in [1.29, 1.82) is 0 Å². The van der Waals surface area contributed by atoms with Crippen molar-refractivity contribution in [3.63, 3.8) is 0 Å². The molecule has 0 radical (unpaired) electrons. The number of benzene rings is 1. The summed E-state index contributed by atoms with van der Waals surface area (Å²) in [5.41, 5.74) is 1.49. The molecule has 0 amide bonds. The van der Waals surface area contributed by atoms with Gasteiger partial charge < -0.3 is 10.2 Å². The van der Waals surface area contributed by atoms with Gasteiger partial charge >= 0.3 is 0 Å². The van der Waals surface area contributed by atoms with E-state index in [9.17, 15) is 0 Å². The first kappa shape index (κ1) is 15.5. The third-order valence-electron chi connectivity index (χ3n) is 5.21. The molecule has 1 N–H and O–H groups in total. The Labute approximate surface area is 137 Å². The molecule has 1 aromatic carbocycles. The standard InChI is InChI=1S/C18H27BrN2/c1-13(2)21-9-7-15(8-10-21)20-16-11-14(12-16)17-5-3-4-6-18(17)19/h3-6,13-16,20H,7-12H2,1-2H3. The smallest absolute Gasteiger partial charge is 0.0210 e. The summed E-state index contributed by atoms with van der Waals surface area (Å²) in [6.07, 6.45) is 5.22. The van der Waals surface area contributed by atoms with Crippen LogP contribution in [0.2, 0.25) is 0 Å². The molecule has 116 valence electrons. The Kier molecular flexibility index (Phi) is 5.03. The maximum atomic E-state index is 3.89. The van der Waals surface area contributed by atoms with Gasteiger partial charge in [0.05, 0.1) is 0 Å². The van der Waals surface area contributed by atoms with Crippen LogP contribution in [0.15, 0.2) is 28.7 Å². The number of hydrogen-bond donors (Lipinski definition) is 1. The molecule has 1 aliphatic carbocycles.